The topological polar surface area (TPSA) is 25.8 Å². The van der Waals surface area contributed by atoms with Crippen LogP contribution in [0.2, 0.25) is 5.02 Å². The van der Waals surface area contributed by atoms with Gasteiger partial charge in [-0.15, -0.1) is 0 Å². The average Bonchev–Trinajstić information content (AvgIpc) is 2.28. The van der Waals surface area contributed by atoms with Crippen molar-refractivity contribution in [1.29, 1.82) is 0 Å². The molecule has 0 aliphatic heterocycles. The van der Waals surface area contributed by atoms with E-state index in [1.54, 1.807) is 24.3 Å². The predicted molar refractivity (Wildman–Crippen MR) is 62.2 cm³/mol. The lowest BCUT2D eigenvalue weighted by atomic mass is 10.1. The molecule has 0 fully saturated rings. The summed E-state index contributed by atoms with van der Waals surface area (Å²) in [6.45, 7) is 1.43. The van der Waals surface area contributed by atoms with E-state index in [0.717, 1.165) is 6.07 Å². The summed E-state index contributed by atoms with van der Waals surface area (Å²) in [6, 6.07) is 7.36. The zero-order valence-electron chi connectivity index (χ0n) is 9.29. The zero-order chi connectivity index (χ0) is 13.3. The molecule has 6 heteroatoms. The minimum absolute atomic E-state index is 0.0785. The highest BCUT2D eigenvalue weighted by molar-refractivity contribution is 6.30. The number of benzene rings is 1. The normalized spacial score (nSPS) is 11.6. The Kier molecular flexibility index (Phi) is 3.26. The van der Waals surface area contributed by atoms with Gasteiger partial charge in [0.15, 0.2) is 0 Å². The van der Waals surface area contributed by atoms with Gasteiger partial charge in [0.2, 0.25) is 0 Å². The fourth-order valence-corrected chi connectivity index (χ4v) is 1.61. The Morgan fingerprint density at radius 3 is 2.22 bits per heavy atom. The van der Waals surface area contributed by atoms with E-state index in [1.807, 2.05) is 0 Å². The molecule has 1 aromatic carbocycles. The Hall–Kier alpha value is -1.62. The van der Waals surface area contributed by atoms with Crippen LogP contribution in [0, 0.1) is 6.92 Å². The van der Waals surface area contributed by atoms with Crippen molar-refractivity contribution in [3.05, 3.63) is 46.9 Å². The van der Waals surface area contributed by atoms with Crippen LogP contribution >= 0.6 is 11.6 Å². The Morgan fingerprint density at radius 2 is 1.67 bits per heavy atom. The van der Waals surface area contributed by atoms with Crippen LogP contribution in [0.25, 0.3) is 11.3 Å². The maximum atomic E-state index is 12.6. The Balaban J connectivity index is 2.52. The molecule has 0 bridgehead atoms. The van der Waals surface area contributed by atoms with Gasteiger partial charge in [0, 0.05) is 10.6 Å². The molecule has 0 amide bonds. The van der Waals surface area contributed by atoms with Gasteiger partial charge in [0.1, 0.15) is 11.5 Å². The molecule has 0 spiro atoms. The molecule has 0 aliphatic carbocycles. The van der Waals surface area contributed by atoms with E-state index < -0.39 is 11.9 Å². The van der Waals surface area contributed by atoms with Crippen LogP contribution < -0.4 is 0 Å². The molecule has 0 radical (unpaired) electrons. The molecule has 1 heterocycles. The minimum Gasteiger partial charge on any atom is -0.233 e. The molecule has 0 N–H and O–H groups in total. The van der Waals surface area contributed by atoms with Crippen molar-refractivity contribution in [3.63, 3.8) is 0 Å². The maximum absolute atomic E-state index is 12.6. The van der Waals surface area contributed by atoms with Gasteiger partial charge in [0.05, 0.1) is 5.69 Å². The lowest BCUT2D eigenvalue weighted by Crippen LogP contribution is -2.10. The van der Waals surface area contributed by atoms with E-state index in [0.29, 0.717) is 10.6 Å². The predicted octanol–water partition coefficient (Wildman–Crippen LogP) is 4.12. The van der Waals surface area contributed by atoms with Gasteiger partial charge in [-0.3, -0.25) is 0 Å². The van der Waals surface area contributed by atoms with Crippen molar-refractivity contribution in [3.8, 4) is 11.3 Å². The van der Waals surface area contributed by atoms with Crippen LogP contribution in [-0.2, 0) is 6.18 Å². The van der Waals surface area contributed by atoms with Crippen molar-refractivity contribution < 1.29 is 13.2 Å². The van der Waals surface area contributed by atoms with Crippen LogP contribution in [0.1, 0.15) is 11.5 Å². The van der Waals surface area contributed by atoms with Crippen LogP contribution in [0.5, 0.6) is 0 Å². The van der Waals surface area contributed by atoms with Crippen molar-refractivity contribution >= 4 is 11.6 Å². The van der Waals surface area contributed by atoms with Gasteiger partial charge in [-0.1, -0.05) is 23.7 Å². The molecule has 1 aromatic heterocycles. The van der Waals surface area contributed by atoms with E-state index in [2.05, 4.69) is 9.97 Å². The number of aryl methyl sites for hydroxylation is 1. The van der Waals surface area contributed by atoms with E-state index in [1.165, 1.54) is 6.92 Å². The third kappa shape index (κ3) is 2.79. The number of halogens is 4. The van der Waals surface area contributed by atoms with Gasteiger partial charge in [0.25, 0.3) is 0 Å². The first kappa shape index (κ1) is 12.8. The smallest absolute Gasteiger partial charge is 0.233 e. The van der Waals surface area contributed by atoms with E-state index >= 15 is 0 Å². The van der Waals surface area contributed by atoms with Crippen LogP contribution in [0.3, 0.4) is 0 Å². The Morgan fingerprint density at radius 1 is 1.06 bits per heavy atom. The van der Waals surface area contributed by atoms with Crippen molar-refractivity contribution in [2.24, 2.45) is 0 Å². The number of rotatable bonds is 1. The molecular weight excluding hydrogens is 265 g/mol. The largest absolute Gasteiger partial charge is 0.433 e. The van der Waals surface area contributed by atoms with Crippen LogP contribution in [0.15, 0.2) is 30.3 Å². The fraction of sp³-hybridized carbons (Fsp3) is 0.167. The number of aromatic nitrogens is 2. The summed E-state index contributed by atoms with van der Waals surface area (Å²) in [4.78, 5) is 7.38. The highest BCUT2D eigenvalue weighted by Crippen LogP contribution is 2.30. The third-order valence-electron chi connectivity index (χ3n) is 2.27. The summed E-state index contributed by atoms with van der Waals surface area (Å²) in [5.41, 5.74) is -0.151. The standard InChI is InChI=1S/C12H8ClF3N2/c1-7-17-10(6-11(18-7)12(14,15)16)8-2-4-9(13)5-3-8/h2-6H,1H3. The SMILES string of the molecule is Cc1nc(-c2ccc(Cl)cc2)cc(C(F)(F)F)n1. The first-order valence-electron chi connectivity index (χ1n) is 5.05. The molecule has 0 atom stereocenters. The zero-order valence-corrected chi connectivity index (χ0v) is 10.0. The molecular formula is C12H8ClF3N2. The van der Waals surface area contributed by atoms with Crippen molar-refractivity contribution in [2.45, 2.75) is 13.1 Å². The number of hydrogen-bond acceptors (Lipinski definition) is 2. The lowest BCUT2D eigenvalue weighted by molar-refractivity contribution is -0.141. The van der Waals surface area contributed by atoms with Gasteiger partial charge < -0.3 is 0 Å². The van der Waals surface area contributed by atoms with Crippen molar-refractivity contribution in [2.75, 3.05) is 0 Å². The Bertz CT molecular complexity index is 565. The summed E-state index contributed by atoms with van der Waals surface area (Å²) in [6.07, 6.45) is -4.48. The van der Waals surface area contributed by atoms with E-state index in [9.17, 15) is 13.2 Å². The van der Waals surface area contributed by atoms with E-state index in [4.69, 9.17) is 11.6 Å². The second kappa shape index (κ2) is 4.57. The van der Waals surface area contributed by atoms with Crippen LogP contribution in [-0.4, -0.2) is 9.97 Å². The average molecular weight is 273 g/mol. The maximum Gasteiger partial charge on any atom is 0.433 e. The molecule has 2 nitrogen and oxygen atoms in total. The Labute approximate surface area is 106 Å². The molecule has 0 saturated carbocycles. The minimum atomic E-state index is -4.48. The van der Waals surface area contributed by atoms with E-state index in [-0.39, 0.29) is 11.5 Å². The molecule has 2 aromatic rings. The molecule has 0 aliphatic rings. The summed E-state index contributed by atoms with van der Waals surface area (Å²) in [5.74, 6) is 0.0785. The monoisotopic (exact) mass is 272 g/mol. The summed E-state index contributed by atoms with van der Waals surface area (Å²) >= 11 is 5.72. The molecule has 0 saturated heterocycles. The quantitative estimate of drug-likeness (QED) is 0.780. The van der Waals surface area contributed by atoms with Gasteiger partial charge >= 0.3 is 6.18 Å². The highest BCUT2D eigenvalue weighted by atomic mass is 35.5. The van der Waals surface area contributed by atoms with Gasteiger partial charge in [-0.25, -0.2) is 9.97 Å². The summed E-state index contributed by atoms with van der Waals surface area (Å²) in [7, 11) is 0. The first-order chi connectivity index (χ1) is 8.36. The molecule has 0 unspecified atom stereocenters. The molecule has 18 heavy (non-hydrogen) atoms. The fourth-order valence-electron chi connectivity index (χ4n) is 1.48. The molecule has 94 valence electrons. The second-order valence-electron chi connectivity index (χ2n) is 3.69. The number of hydrogen-bond donors (Lipinski definition) is 0. The molecule has 2 rings (SSSR count). The third-order valence-corrected chi connectivity index (χ3v) is 2.52. The number of alkyl halides is 3. The van der Waals surface area contributed by atoms with Crippen LogP contribution in [0.4, 0.5) is 13.2 Å². The summed E-state index contributed by atoms with van der Waals surface area (Å²) < 4.78 is 37.8. The first-order valence-corrected chi connectivity index (χ1v) is 5.43. The van der Waals surface area contributed by atoms with Gasteiger partial charge in [-0.05, 0) is 25.1 Å². The summed E-state index contributed by atoms with van der Waals surface area (Å²) in [5, 5.41) is 0.514. The second-order valence-corrected chi connectivity index (χ2v) is 4.13. The highest BCUT2D eigenvalue weighted by Gasteiger charge is 2.33. The lowest BCUT2D eigenvalue weighted by Gasteiger charge is -2.09. The van der Waals surface area contributed by atoms with Crippen molar-refractivity contribution in [1.82, 2.24) is 9.97 Å². The number of nitrogens with zero attached hydrogens (tertiary/aromatic N) is 2. The van der Waals surface area contributed by atoms with Gasteiger partial charge in [-0.2, -0.15) is 13.2 Å².